The molecule has 3 N–H and O–H groups in total. The van der Waals surface area contributed by atoms with Crippen molar-refractivity contribution < 1.29 is 9.59 Å². The summed E-state index contributed by atoms with van der Waals surface area (Å²) in [7, 11) is 0. The summed E-state index contributed by atoms with van der Waals surface area (Å²) >= 11 is 0. The molecule has 7 nitrogen and oxygen atoms in total. The van der Waals surface area contributed by atoms with Gasteiger partial charge in [-0.1, -0.05) is 60.7 Å². The number of nitrogens with zero attached hydrogens (tertiary/aromatic N) is 3. The van der Waals surface area contributed by atoms with E-state index in [0.29, 0.717) is 19.8 Å². The van der Waals surface area contributed by atoms with Crippen LogP contribution in [-0.2, 0) is 16.1 Å². The lowest BCUT2D eigenvalue weighted by Crippen LogP contribution is -2.56. The Morgan fingerprint density at radius 3 is 2.34 bits per heavy atom. The molecule has 0 radical (unpaired) electrons. The minimum Gasteiger partial charge on any atom is -0.355 e. The van der Waals surface area contributed by atoms with Crippen LogP contribution in [0.1, 0.15) is 24.8 Å². The third-order valence-electron chi connectivity index (χ3n) is 7.58. The van der Waals surface area contributed by atoms with Gasteiger partial charge in [0.25, 0.3) is 0 Å². The van der Waals surface area contributed by atoms with Crippen LogP contribution in [0.2, 0.25) is 0 Å². The molecule has 3 aromatic carbocycles. The minimum atomic E-state index is -0.617. The van der Waals surface area contributed by atoms with E-state index in [1.807, 2.05) is 18.2 Å². The molecule has 2 amide bonds. The number of amides is 2. The summed E-state index contributed by atoms with van der Waals surface area (Å²) in [5.41, 5.74) is 7.26. The number of nitrogens with one attached hydrogen (secondary N) is 1. The maximum absolute atomic E-state index is 13.8. The molecule has 2 fully saturated rings. The van der Waals surface area contributed by atoms with E-state index >= 15 is 0 Å². The fourth-order valence-corrected chi connectivity index (χ4v) is 5.63. The number of fused-ring (bicyclic) bond motifs is 1. The van der Waals surface area contributed by atoms with Crippen molar-refractivity contribution >= 4 is 53.1 Å². The number of likely N-dealkylation sites (tertiary alicyclic amines) is 1. The molecule has 0 unspecified atom stereocenters. The average molecular weight is 559 g/mol. The summed E-state index contributed by atoms with van der Waals surface area (Å²) in [6.07, 6.45) is 2.19. The normalized spacial score (nSPS) is 16.8. The molecule has 38 heavy (non-hydrogen) atoms. The smallest absolute Gasteiger partial charge is 0.250 e. The number of halogens is 2. The molecule has 2 aliphatic heterocycles. The second-order valence-electron chi connectivity index (χ2n) is 9.85. The van der Waals surface area contributed by atoms with Crippen molar-refractivity contribution in [2.75, 3.05) is 44.3 Å². The van der Waals surface area contributed by atoms with Crippen molar-refractivity contribution in [2.24, 2.45) is 5.73 Å². The monoisotopic (exact) mass is 557 g/mol. The number of nitrogens with two attached hydrogens (primary N) is 1. The van der Waals surface area contributed by atoms with E-state index < -0.39 is 5.54 Å². The Bertz CT molecular complexity index is 1210. The first-order valence-electron chi connectivity index (χ1n) is 12.9. The standard InChI is InChI=1S/C29H35N5O2.2ClH/c30-16-7-17-31-27(35)21-33-22-34(25-11-2-1-3-12-25)29(28(33)36)14-18-32(19-15-29)20-24-10-6-9-23-8-4-5-13-26(23)24;;/h1-6,8-13H,7,14-22,30H2,(H,31,35);2*1H. The van der Waals surface area contributed by atoms with E-state index in [1.165, 1.54) is 16.3 Å². The average Bonchev–Trinajstić information content (AvgIpc) is 3.17. The Hall–Kier alpha value is -2.84. The quantitative estimate of drug-likeness (QED) is 0.412. The lowest BCUT2D eigenvalue weighted by molar-refractivity contribution is -0.137. The van der Waals surface area contributed by atoms with E-state index in [0.717, 1.165) is 44.6 Å². The van der Waals surface area contributed by atoms with Gasteiger partial charge in [0.2, 0.25) is 11.8 Å². The van der Waals surface area contributed by atoms with E-state index in [9.17, 15) is 9.59 Å². The van der Waals surface area contributed by atoms with Gasteiger partial charge in [-0.2, -0.15) is 0 Å². The molecule has 0 atom stereocenters. The van der Waals surface area contributed by atoms with Crippen LogP contribution in [0.25, 0.3) is 10.8 Å². The summed E-state index contributed by atoms with van der Waals surface area (Å²) in [5.74, 6) is -0.0691. The van der Waals surface area contributed by atoms with Gasteiger partial charge in [0, 0.05) is 31.9 Å². The number of carbonyl (C=O) groups is 2. The summed E-state index contributed by atoms with van der Waals surface area (Å²) in [4.78, 5) is 32.7. The predicted octanol–water partition coefficient (Wildman–Crippen LogP) is 3.79. The number of anilines is 1. The number of rotatable bonds is 8. The molecule has 2 saturated heterocycles. The highest BCUT2D eigenvalue weighted by atomic mass is 35.5. The van der Waals surface area contributed by atoms with Crippen LogP contribution in [0.5, 0.6) is 0 Å². The van der Waals surface area contributed by atoms with Gasteiger partial charge in [0.05, 0.1) is 6.67 Å². The molecule has 2 heterocycles. The van der Waals surface area contributed by atoms with Crippen LogP contribution in [0.4, 0.5) is 5.69 Å². The first kappa shape index (κ1) is 29.7. The molecule has 9 heteroatoms. The van der Waals surface area contributed by atoms with Crippen LogP contribution in [-0.4, -0.2) is 66.5 Å². The Labute approximate surface area is 237 Å². The first-order valence-corrected chi connectivity index (χ1v) is 12.9. The van der Waals surface area contributed by atoms with Gasteiger partial charge in [-0.05, 0) is 54.3 Å². The Morgan fingerprint density at radius 1 is 0.921 bits per heavy atom. The molecule has 5 rings (SSSR count). The zero-order valence-corrected chi connectivity index (χ0v) is 23.2. The van der Waals surface area contributed by atoms with E-state index in [-0.39, 0.29) is 43.2 Å². The molecule has 0 aromatic heterocycles. The molecule has 2 aliphatic rings. The number of piperidine rings is 1. The number of benzene rings is 3. The summed E-state index contributed by atoms with van der Waals surface area (Å²) in [5, 5.41) is 5.43. The molecular weight excluding hydrogens is 521 g/mol. The van der Waals surface area contributed by atoms with Crippen molar-refractivity contribution in [3.8, 4) is 0 Å². The van der Waals surface area contributed by atoms with Crippen molar-refractivity contribution in [2.45, 2.75) is 31.3 Å². The van der Waals surface area contributed by atoms with Crippen molar-refractivity contribution in [1.29, 1.82) is 0 Å². The number of hydrogen-bond acceptors (Lipinski definition) is 5. The third-order valence-corrected chi connectivity index (χ3v) is 7.58. The van der Waals surface area contributed by atoms with Crippen LogP contribution in [0, 0.1) is 0 Å². The predicted molar refractivity (Wildman–Crippen MR) is 158 cm³/mol. The van der Waals surface area contributed by atoms with Crippen molar-refractivity contribution in [3.05, 3.63) is 78.4 Å². The van der Waals surface area contributed by atoms with Crippen LogP contribution < -0.4 is 16.0 Å². The largest absolute Gasteiger partial charge is 0.355 e. The third kappa shape index (κ3) is 6.07. The minimum absolute atomic E-state index is 0. The van der Waals surface area contributed by atoms with Crippen LogP contribution >= 0.6 is 24.8 Å². The zero-order valence-electron chi connectivity index (χ0n) is 21.6. The second kappa shape index (κ2) is 13.3. The van der Waals surface area contributed by atoms with Crippen LogP contribution in [0.3, 0.4) is 0 Å². The topological polar surface area (TPSA) is 81.9 Å². The highest BCUT2D eigenvalue weighted by Crippen LogP contribution is 2.39. The fourth-order valence-electron chi connectivity index (χ4n) is 5.63. The van der Waals surface area contributed by atoms with Gasteiger partial charge in [0.15, 0.2) is 0 Å². The highest BCUT2D eigenvalue weighted by molar-refractivity contribution is 5.96. The van der Waals surface area contributed by atoms with Gasteiger partial charge >= 0.3 is 0 Å². The molecule has 1 spiro atoms. The molecule has 0 bridgehead atoms. The number of carbonyl (C=O) groups excluding carboxylic acids is 2. The van der Waals surface area contributed by atoms with Gasteiger partial charge in [-0.3, -0.25) is 14.5 Å². The zero-order chi connectivity index (χ0) is 25.0. The van der Waals surface area contributed by atoms with E-state index in [2.05, 4.69) is 69.7 Å². The summed E-state index contributed by atoms with van der Waals surface area (Å²) in [6, 6.07) is 25.1. The summed E-state index contributed by atoms with van der Waals surface area (Å²) < 4.78 is 0. The number of para-hydroxylation sites is 1. The summed E-state index contributed by atoms with van der Waals surface area (Å²) in [6.45, 7) is 4.09. The Kier molecular flexibility index (Phi) is 10.4. The maximum atomic E-state index is 13.8. The Morgan fingerprint density at radius 2 is 1.61 bits per heavy atom. The molecule has 204 valence electrons. The lowest BCUT2D eigenvalue weighted by atomic mass is 9.85. The highest BCUT2D eigenvalue weighted by Gasteiger charge is 2.53. The van der Waals surface area contributed by atoms with Gasteiger partial charge in [0.1, 0.15) is 12.1 Å². The second-order valence-corrected chi connectivity index (χ2v) is 9.85. The SMILES string of the molecule is Cl.Cl.NCCCNC(=O)CN1CN(c2ccccc2)C2(CCN(Cc3cccc4ccccc34)CC2)C1=O. The van der Waals surface area contributed by atoms with Gasteiger partial charge < -0.3 is 20.9 Å². The molecule has 3 aromatic rings. The fraction of sp³-hybridized carbons (Fsp3) is 0.379. The van der Waals surface area contributed by atoms with Gasteiger partial charge in [-0.15, -0.1) is 24.8 Å². The number of hydrogen-bond donors (Lipinski definition) is 2. The van der Waals surface area contributed by atoms with E-state index in [1.54, 1.807) is 4.90 Å². The lowest BCUT2D eigenvalue weighted by Gasteiger charge is -2.43. The molecule has 0 aliphatic carbocycles. The van der Waals surface area contributed by atoms with Gasteiger partial charge in [-0.25, -0.2) is 0 Å². The molecule has 0 saturated carbocycles. The van der Waals surface area contributed by atoms with Crippen molar-refractivity contribution in [3.63, 3.8) is 0 Å². The van der Waals surface area contributed by atoms with Crippen molar-refractivity contribution in [1.82, 2.24) is 15.1 Å². The van der Waals surface area contributed by atoms with Crippen LogP contribution in [0.15, 0.2) is 72.8 Å². The van der Waals surface area contributed by atoms with E-state index in [4.69, 9.17) is 5.73 Å². The molecular formula is C29H37Cl2N5O2. The maximum Gasteiger partial charge on any atom is 0.250 e. The first-order chi connectivity index (χ1) is 17.6. The Balaban J connectivity index is 0.00000200.